The molecule has 1 aliphatic rings. The van der Waals surface area contributed by atoms with E-state index in [1.54, 1.807) is 7.11 Å². The van der Waals surface area contributed by atoms with Crippen molar-refractivity contribution >= 4 is 5.95 Å². The third kappa shape index (κ3) is 3.72. The smallest absolute Gasteiger partial charge is 0.203 e. The lowest BCUT2D eigenvalue weighted by atomic mass is 9.87. The molecule has 0 bridgehead atoms. The van der Waals surface area contributed by atoms with E-state index in [1.807, 2.05) is 6.92 Å². The van der Waals surface area contributed by atoms with Crippen LogP contribution in [0.3, 0.4) is 0 Å². The molecule has 0 radical (unpaired) electrons. The molecular formula is C15H27N3O. The number of anilines is 1. The first kappa shape index (κ1) is 14.4. The van der Waals surface area contributed by atoms with Gasteiger partial charge in [0.25, 0.3) is 0 Å². The van der Waals surface area contributed by atoms with Gasteiger partial charge in [-0.3, -0.25) is 0 Å². The molecule has 3 atom stereocenters. The highest BCUT2D eigenvalue weighted by atomic mass is 16.5. The molecule has 0 aliphatic heterocycles. The van der Waals surface area contributed by atoms with Gasteiger partial charge in [0.15, 0.2) is 0 Å². The average molecular weight is 265 g/mol. The van der Waals surface area contributed by atoms with Crippen molar-refractivity contribution in [1.82, 2.24) is 9.55 Å². The molecule has 2 rings (SSSR count). The third-order valence-electron chi connectivity index (χ3n) is 4.01. The first-order valence-corrected chi connectivity index (χ1v) is 7.41. The maximum absolute atomic E-state index is 5.25. The van der Waals surface area contributed by atoms with Crippen LogP contribution in [0.1, 0.15) is 51.3 Å². The molecule has 1 aliphatic carbocycles. The Kier molecular flexibility index (Phi) is 4.86. The monoisotopic (exact) mass is 265 g/mol. The molecule has 19 heavy (non-hydrogen) atoms. The summed E-state index contributed by atoms with van der Waals surface area (Å²) >= 11 is 0. The fourth-order valence-electron chi connectivity index (χ4n) is 3.03. The van der Waals surface area contributed by atoms with Crippen LogP contribution < -0.4 is 5.32 Å². The van der Waals surface area contributed by atoms with Crippen LogP contribution in [-0.2, 0) is 4.74 Å². The summed E-state index contributed by atoms with van der Waals surface area (Å²) in [6, 6.07) is 0.883. The Bertz CT molecular complexity index is 402. The number of aromatic nitrogens is 2. The standard InChI is InChI=1S/C15H27N3O/c1-11-6-5-7-14(8-11)17-15-16-12(2)9-18(15)13(3)10-19-4/h9,11,13-14H,5-8,10H2,1-4H3,(H,16,17). The summed E-state index contributed by atoms with van der Waals surface area (Å²) < 4.78 is 7.46. The normalized spacial score (nSPS) is 25.3. The van der Waals surface area contributed by atoms with Gasteiger partial charge in [-0.15, -0.1) is 0 Å². The molecule has 0 spiro atoms. The molecule has 4 heteroatoms. The first-order valence-electron chi connectivity index (χ1n) is 7.41. The van der Waals surface area contributed by atoms with Gasteiger partial charge in [0, 0.05) is 19.3 Å². The number of nitrogens with zero attached hydrogens (tertiary/aromatic N) is 2. The van der Waals surface area contributed by atoms with E-state index in [2.05, 4.69) is 34.9 Å². The second-order valence-electron chi connectivity index (χ2n) is 6.03. The van der Waals surface area contributed by atoms with E-state index >= 15 is 0 Å². The van der Waals surface area contributed by atoms with Gasteiger partial charge < -0.3 is 14.6 Å². The zero-order valence-electron chi connectivity index (χ0n) is 12.6. The summed E-state index contributed by atoms with van der Waals surface area (Å²) in [5, 5.41) is 3.64. The summed E-state index contributed by atoms with van der Waals surface area (Å²) in [7, 11) is 1.75. The van der Waals surface area contributed by atoms with Crippen LogP contribution in [0, 0.1) is 12.8 Å². The number of methoxy groups -OCH3 is 1. The third-order valence-corrected chi connectivity index (χ3v) is 4.01. The Labute approximate surface area is 116 Å². The van der Waals surface area contributed by atoms with E-state index in [0.717, 1.165) is 17.6 Å². The molecule has 1 N–H and O–H groups in total. The van der Waals surface area contributed by atoms with Gasteiger partial charge in [-0.2, -0.15) is 0 Å². The van der Waals surface area contributed by atoms with Crippen molar-refractivity contribution in [2.24, 2.45) is 5.92 Å². The zero-order valence-corrected chi connectivity index (χ0v) is 12.6. The molecule has 108 valence electrons. The minimum Gasteiger partial charge on any atom is -0.383 e. The lowest BCUT2D eigenvalue weighted by Crippen LogP contribution is -2.28. The van der Waals surface area contributed by atoms with E-state index < -0.39 is 0 Å². The van der Waals surface area contributed by atoms with E-state index in [9.17, 15) is 0 Å². The predicted molar refractivity (Wildman–Crippen MR) is 78.6 cm³/mol. The fourth-order valence-corrected chi connectivity index (χ4v) is 3.03. The molecule has 3 unspecified atom stereocenters. The second-order valence-corrected chi connectivity index (χ2v) is 6.03. The molecular weight excluding hydrogens is 238 g/mol. The van der Waals surface area contributed by atoms with Gasteiger partial charge in [-0.05, 0) is 32.6 Å². The Morgan fingerprint density at radius 1 is 1.53 bits per heavy atom. The number of aryl methyl sites for hydroxylation is 1. The average Bonchev–Trinajstić information content (AvgIpc) is 2.70. The molecule has 1 aromatic heterocycles. The van der Waals surface area contributed by atoms with Crippen molar-refractivity contribution in [2.75, 3.05) is 19.0 Å². The molecule has 1 heterocycles. The van der Waals surface area contributed by atoms with Crippen LogP contribution in [0.25, 0.3) is 0 Å². The summed E-state index contributed by atoms with van der Waals surface area (Å²) in [5.41, 5.74) is 1.06. The quantitative estimate of drug-likeness (QED) is 0.887. The molecule has 1 saturated carbocycles. The van der Waals surface area contributed by atoms with Crippen LogP contribution in [0.2, 0.25) is 0 Å². The summed E-state index contributed by atoms with van der Waals surface area (Å²) in [5.74, 6) is 1.83. The van der Waals surface area contributed by atoms with Gasteiger partial charge >= 0.3 is 0 Å². The first-order chi connectivity index (χ1) is 9.10. The number of hydrogen-bond acceptors (Lipinski definition) is 3. The predicted octanol–water partition coefficient (Wildman–Crippen LogP) is 3.39. The highest BCUT2D eigenvalue weighted by molar-refractivity contribution is 5.31. The van der Waals surface area contributed by atoms with Crippen LogP contribution in [0.15, 0.2) is 6.20 Å². The molecule has 4 nitrogen and oxygen atoms in total. The van der Waals surface area contributed by atoms with Crippen molar-refractivity contribution in [3.63, 3.8) is 0 Å². The number of hydrogen-bond donors (Lipinski definition) is 1. The van der Waals surface area contributed by atoms with Crippen molar-refractivity contribution in [3.05, 3.63) is 11.9 Å². The zero-order chi connectivity index (χ0) is 13.8. The second kappa shape index (κ2) is 6.42. The maximum atomic E-state index is 5.25. The van der Waals surface area contributed by atoms with Gasteiger partial charge in [-0.1, -0.05) is 19.8 Å². The van der Waals surface area contributed by atoms with Crippen molar-refractivity contribution in [3.8, 4) is 0 Å². The van der Waals surface area contributed by atoms with Crippen LogP contribution in [0.5, 0.6) is 0 Å². The van der Waals surface area contributed by atoms with Gasteiger partial charge in [0.1, 0.15) is 0 Å². The molecule has 0 amide bonds. The molecule has 0 saturated heterocycles. The molecule has 0 aromatic carbocycles. The van der Waals surface area contributed by atoms with Crippen molar-refractivity contribution in [1.29, 1.82) is 0 Å². The van der Waals surface area contributed by atoms with Gasteiger partial charge in [0.05, 0.1) is 18.3 Å². The van der Waals surface area contributed by atoms with E-state index in [-0.39, 0.29) is 0 Å². The Balaban J connectivity index is 2.06. The maximum Gasteiger partial charge on any atom is 0.203 e. The number of imidazole rings is 1. The molecule has 1 fully saturated rings. The van der Waals surface area contributed by atoms with Crippen LogP contribution in [-0.4, -0.2) is 29.3 Å². The van der Waals surface area contributed by atoms with Crippen molar-refractivity contribution < 1.29 is 4.74 Å². The van der Waals surface area contributed by atoms with Crippen LogP contribution in [0.4, 0.5) is 5.95 Å². The largest absolute Gasteiger partial charge is 0.383 e. The van der Waals surface area contributed by atoms with E-state index in [1.165, 1.54) is 25.7 Å². The van der Waals surface area contributed by atoms with Crippen molar-refractivity contribution in [2.45, 2.75) is 58.5 Å². The summed E-state index contributed by atoms with van der Waals surface area (Å²) in [6.07, 6.45) is 7.32. The minimum absolute atomic E-state index is 0.315. The Morgan fingerprint density at radius 2 is 2.32 bits per heavy atom. The Morgan fingerprint density at radius 3 is 3.00 bits per heavy atom. The fraction of sp³-hybridized carbons (Fsp3) is 0.800. The lowest BCUT2D eigenvalue weighted by Gasteiger charge is -2.28. The number of rotatable bonds is 5. The van der Waals surface area contributed by atoms with Crippen LogP contribution >= 0.6 is 0 Å². The number of ether oxygens (including phenoxy) is 1. The Hall–Kier alpha value is -1.03. The highest BCUT2D eigenvalue weighted by Gasteiger charge is 2.21. The summed E-state index contributed by atoms with van der Waals surface area (Å²) in [4.78, 5) is 4.63. The van der Waals surface area contributed by atoms with Gasteiger partial charge in [-0.25, -0.2) is 4.98 Å². The number of nitrogens with one attached hydrogen (secondary N) is 1. The molecule has 1 aromatic rings. The highest BCUT2D eigenvalue weighted by Crippen LogP contribution is 2.27. The minimum atomic E-state index is 0.315. The van der Waals surface area contributed by atoms with E-state index in [0.29, 0.717) is 18.7 Å². The topological polar surface area (TPSA) is 39.1 Å². The lowest BCUT2D eigenvalue weighted by molar-refractivity contribution is 0.163. The summed E-state index contributed by atoms with van der Waals surface area (Å²) in [6.45, 7) is 7.27. The van der Waals surface area contributed by atoms with E-state index in [4.69, 9.17) is 4.74 Å². The SMILES string of the molecule is COCC(C)n1cc(C)nc1NC1CCCC(C)C1. The van der Waals surface area contributed by atoms with Gasteiger partial charge in [0.2, 0.25) is 5.95 Å².